The molecule has 1 aromatic heterocycles. The number of amides is 1. The third-order valence-electron chi connectivity index (χ3n) is 4.75. The third kappa shape index (κ3) is 4.45. The fraction of sp³-hybridized carbons (Fsp3) is 0.304. The topological polar surface area (TPSA) is 38.1 Å². The van der Waals surface area contributed by atoms with E-state index in [0.717, 1.165) is 34.7 Å². The molecule has 0 bridgehead atoms. The minimum atomic E-state index is 0.158. The Labute approximate surface area is 161 Å². The molecule has 0 atom stereocenters. The summed E-state index contributed by atoms with van der Waals surface area (Å²) >= 11 is 0. The standard InChI is InChI=1S/C23H27N3O/c1-5-25(22-8-6-7-17(2)15-22)23(27)14-11-20-9-12-21(13-10-20)26-19(4)16-18(3)24-26/h6-10,12-13,15-16H,5,11,14H2,1-4H3. The summed E-state index contributed by atoms with van der Waals surface area (Å²) in [5.74, 6) is 0.158. The molecule has 0 aliphatic rings. The van der Waals surface area contributed by atoms with Gasteiger partial charge in [-0.25, -0.2) is 4.68 Å². The van der Waals surface area contributed by atoms with Crippen molar-refractivity contribution in [1.82, 2.24) is 9.78 Å². The fourth-order valence-corrected chi connectivity index (χ4v) is 3.38. The van der Waals surface area contributed by atoms with E-state index in [-0.39, 0.29) is 5.91 Å². The molecule has 1 heterocycles. The number of anilines is 1. The average Bonchev–Trinajstić information content (AvgIpc) is 2.99. The number of hydrogen-bond donors (Lipinski definition) is 0. The normalized spacial score (nSPS) is 10.8. The van der Waals surface area contributed by atoms with Crippen LogP contribution in [-0.4, -0.2) is 22.2 Å². The Morgan fingerprint density at radius 3 is 2.37 bits per heavy atom. The first-order valence-corrected chi connectivity index (χ1v) is 9.47. The molecule has 0 unspecified atom stereocenters. The lowest BCUT2D eigenvalue weighted by Crippen LogP contribution is -2.30. The maximum absolute atomic E-state index is 12.7. The van der Waals surface area contributed by atoms with Crippen LogP contribution in [0.4, 0.5) is 5.69 Å². The summed E-state index contributed by atoms with van der Waals surface area (Å²) in [5.41, 5.74) is 6.48. The summed E-state index contributed by atoms with van der Waals surface area (Å²) in [6.07, 6.45) is 1.24. The number of rotatable bonds is 6. The highest BCUT2D eigenvalue weighted by Crippen LogP contribution is 2.18. The molecular formula is C23H27N3O. The molecule has 0 N–H and O–H groups in total. The summed E-state index contributed by atoms with van der Waals surface area (Å²) in [4.78, 5) is 14.6. The molecule has 0 spiro atoms. The molecule has 27 heavy (non-hydrogen) atoms. The van der Waals surface area contributed by atoms with Gasteiger partial charge in [0.25, 0.3) is 0 Å². The van der Waals surface area contributed by atoms with Crippen molar-refractivity contribution in [1.29, 1.82) is 0 Å². The molecular weight excluding hydrogens is 334 g/mol. The summed E-state index contributed by atoms with van der Waals surface area (Å²) in [6.45, 7) is 8.79. The summed E-state index contributed by atoms with van der Waals surface area (Å²) in [7, 11) is 0. The molecule has 0 aliphatic heterocycles. The van der Waals surface area contributed by atoms with Gasteiger partial charge < -0.3 is 4.90 Å². The Hall–Kier alpha value is -2.88. The fourth-order valence-electron chi connectivity index (χ4n) is 3.38. The second-order valence-corrected chi connectivity index (χ2v) is 6.98. The Kier molecular flexibility index (Phi) is 5.75. The van der Waals surface area contributed by atoms with Gasteiger partial charge in [0, 0.05) is 24.3 Å². The van der Waals surface area contributed by atoms with Crippen molar-refractivity contribution in [3.05, 3.63) is 77.1 Å². The van der Waals surface area contributed by atoms with Crippen LogP contribution in [0.3, 0.4) is 0 Å². The molecule has 4 heteroatoms. The maximum atomic E-state index is 12.7. The maximum Gasteiger partial charge on any atom is 0.227 e. The van der Waals surface area contributed by atoms with E-state index in [2.05, 4.69) is 48.4 Å². The van der Waals surface area contributed by atoms with E-state index in [9.17, 15) is 4.79 Å². The largest absolute Gasteiger partial charge is 0.313 e. The highest BCUT2D eigenvalue weighted by Gasteiger charge is 2.14. The first kappa shape index (κ1) is 18.9. The molecule has 0 aliphatic carbocycles. The van der Waals surface area contributed by atoms with E-state index >= 15 is 0 Å². The summed E-state index contributed by atoms with van der Waals surface area (Å²) < 4.78 is 1.95. The zero-order valence-electron chi connectivity index (χ0n) is 16.6. The number of nitrogens with zero attached hydrogens (tertiary/aromatic N) is 3. The van der Waals surface area contributed by atoms with Crippen molar-refractivity contribution in [3.63, 3.8) is 0 Å². The summed E-state index contributed by atoms with van der Waals surface area (Å²) in [5, 5.41) is 4.52. The van der Waals surface area contributed by atoms with Crippen LogP contribution in [0, 0.1) is 20.8 Å². The van der Waals surface area contributed by atoms with Gasteiger partial charge in [0.05, 0.1) is 11.4 Å². The van der Waals surface area contributed by atoms with Gasteiger partial charge in [0.1, 0.15) is 0 Å². The quantitative estimate of drug-likeness (QED) is 0.633. The van der Waals surface area contributed by atoms with Gasteiger partial charge >= 0.3 is 0 Å². The van der Waals surface area contributed by atoms with Gasteiger partial charge in [0.15, 0.2) is 0 Å². The van der Waals surface area contributed by atoms with Gasteiger partial charge in [-0.3, -0.25) is 4.79 Å². The molecule has 0 radical (unpaired) electrons. The third-order valence-corrected chi connectivity index (χ3v) is 4.75. The van der Waals surface area contributed by atoms with E-state index in [4.69, 9.17) is 0 Å². The first-order valence-electron chi connectivity index (χ1n) is 9.47. The van der Waals surface area contributed by atoms with Crippen molar-refractivity contribution in [2.45, 2.75) is 40.5 Å². The van der Waals surface area contributed by atoms with E-state index < -0.39 is 0 Å². The minimum absolute atomic E-state index is 0.158. The SMILES string of the molecule is CCN(C(=O)CCc1ccc(-n2nc(C)cc2C)cc1)c1cccc(C)c1. The monoisotopic (exact) mass is 361 g/mol. The second kappa shape index (κ2) is 8.21. The predicted octanol–water partition coefficient (Wildman–Crippen LogP) is 4.78. The van der Waals surface area contributed by atoms with Crippen molar-refractivity contribution in [3.8, 4) is 5.69 Å². The highest BCUT2D eigenvalue weighted by molar-refractivity contribution is 5.93. The molecule has 140 valence electrons. The number of benzene rings is 2. The van der Waals surface area contributed by atoms with Crippen LogP contribution >= 0.6 is 0 Å². The number of hydrogen-bond acceptors (Lipinski definition) is 2. The minimum Gasteiger partial charge on any atom is -0.313 e. The van der Waals surface area contributed by atoms with Crippen molar-refractivity contribution >= 4 is 11.6 Å². The van der Waals surface area contributed by atoms with E-state index in [1.54, 1.807) is 0 Å². The van der Waals surface area contributed by atoms with E-state index in [1.807, 2.05) is 48.6 Å². The molecule has 0 fully saturated rings. The van der Waals surface area contributed by atoms with Gasteiger partial charge in [-0.05, 0) is 75.6 Å². The Bertz CT molecular complexity index is 925. The van der Waals surface area contributed by atoms with Gasteiger partial charge in [-0.15, -0.1) is 0 Å². The first-order chi connectivity index (χ1) is 13.0. The van der Waals surface area contributed by atoms with Gasteiger partial charge in [-0.2, -0.15) is 5.10 Å². The van der Waals surface area contributed by atoms with Gasteiger partial charge in [0.2, 0.25) is 5.91 Å². The molecule has 4 nitrogen and oxygen atoms in total. The zero-order chi connectivity index (χ0) is 19.4. The van der Waals surface area contributed by atoms with Crippen molar-refractivity contribution in [2.24, 2.45) is 0 Å². The van der Waals surface area contributed by atoms with Crippen LogP contribution in [-0.2, 0) is 11.2 Å². The summed E-state index contributed by atoms with van der Waals surface area (Å²) in [6, 6.07) is 18.5. The molecule has 0 saturated carbocycles. The van der Waals surface area contributed by atoms with Crippen LogP contribution in [0.25, 0.3) is 5.69 Å². The Morgan fingerprint density at radius 2 is 1.78 bits per heavy atom. The average molecular weight is 361 g/mol. The lowest BCUT2D eigenvalue weighted by Gasteiger charge is -2.21. The Balaban J connectivity index is 1.65. The van der Waals surface area contributed by atoms with E-state index in [1.165, 1.54) is 5.56 Å². The number of carbonyl (C=O) groups excluding carboxylic acids is 1. The second-order valence-electron chi connectivity index (χ2n) is 6.98. The highest BCUT2D eigenvalue weighted by atomic mass is 16.2. The molecule has 3 rings (SSSR count). The Morgan fingerprint density at radius 1 is 1.04 bits per heavy atom. The molecule has 1 amide bonds. The molecule has 0 saturated heterocycles. The predicted molar refractivity (Wildman–Crippen MR) is 111 cm³/mol. The van der Waals surface area contributed by atoms with Crippen LogP contribution in [0.15, 0.2) is 54.6 Å². The zero-order valence-corrected chi connectivity index (χ0v) is 16.6. The number of aromatic nitrogens is 2. The lowest BCUT2D eigenvalue weighted by atomic mass is 10.1. The smallest absolute Gasteiger partial charge is 0.227 e. The number of carbonyl (C=O) groups is 1. The number of aryl methyl sites for hydroxylation is 4. The van der Waals surface area contributed by atoms with Crippen LogP contribution < -0.4 is 4.90 Å². The van der Waals surface area contributed by atoms with Crippen molar-refractivity contribution in [2.75, 3.05) is 11.4 Å². The van der Waals surface area contributed by atoms with Crippen LogP contribution in [0.1, 0.15) is 35.9 Å². The molecule has 3 aromatic rings. The van der Waals surface area contributed by atoms with Crippen LogP contribution in [0.5, 0.6) is 0 Å². The van der Waals surface area contributed by atoms with Gasteiger partial charge in [-0.1, -0.05) is 24.3 Å². The molecule has 2 aromatic carbocycles. The lowest BCUT2D eigenvalue weighted by molar-refractivity contribution is -0.118. The van der Waals surface area contributed by atoms with E-state index in [0.29, 0.717) is 13.0 Å². The van der Waals surface area contributed by atoms with Crippen molar-refractivity contribution < 1.29 is 4.79 Å². The van der Waals surface area contributed by atoms with Crippen LogP contribution in [0.2, 0.25) is 0 Å².